The number of carbonyl (C=O) groups is 1. The van der Waals surface area contributed by atoms with Crippen LogP contribution >= 0.6 is 0 Å². The van der Waals surface area contributed by atoms with E-state index in [1.54, 1.807) is 0 Å². The van der Waals surface area contributed by atoms with Gasteiger partial charge in [0.2, 0.25) is 5.91 Å². The molecule has 3 N–H and O–H groups in total. The fourth-order valence-corrected chi connectivity index (χ4v) is 3.02. The molecule has 1 aromatic rings. The van der Waals surface area contributed by atoms with E-state index in [1.807, 2.05) is 12.1 Å². The summed E-state index contributed by atoms with van der Waals surface area (Å²) in [6.45, 7) is 4.18. The van der Waals surface area contributed by atoms with Crippen LogP contribution in [0.2, 0.25) is 0 Å². The van der Waals surface area contributed by atoms with Crippen molar-refractivity contribution in [1.82, 2.24) is 4.90 Å². The van der Waals surface area contributed by atoms with Gasteiger partial charge in [0.25, 0.3) is 0 Å². The Bertz CT molecular complexity index is 500. The molecule has 0 bridgehead atoms. The Morgan fingerprint density at radius 2 is 2.14 bits per heavy atom. The highest BCUT2D eigenvalue weighted by Gasteiger charge is 2.31. The summed E-state index contributed by atoms with van der Waals surface area (Å²) in [7, 11) is 0. The molecule has 0 aliphatic carbocycles. The van der Waals surface area contributed by atoms with E-state index < -0.39 is 0 Å². The predicted octanol–water partition coefficient (Wildman–Crippen LogP) is 1.19. The Labute approximate surface area is 125 Å². The van der Waals surface area contributed by atoms with Crippen molar-refractivity contribution >= 4 is 11.6 Å². The molecule has 1 aromatic carbocycles. The molecule has 2 aliphatic heterocycles. The highest BCUT2D eigenvalue weighted by Crippen LogP contribution is 2.18. The topological polar surface area (TPSA) is 67.6 Å². The number of hydrogen-bond donors (Lipinski definition) is 2. The van der Waals surface area contributed by atoms with Gasteiger partial charge in [-0.05, 0) is 43.6 Å². The molecule has 2 unspecified atom stereocenters. The van der Waals surface area contributed by atoms with Gasteiger partial charge in [0.05, 0.1) is 19.1 Å². The van der Waals surface area contributed by atoms with Crippen LogP contribution in [0.25, 0.3) is 0 Å². The van der Waals surface area contributed by atoms with E-state index >= 15 is 0 Å². The molecule has 5 nitrogen and oxygen atoms in total. The number of hydrogen-bond acceptors (Lipinski definition) is 4. The summed E-state index contributed by atoms with van der Waals surface area (Å²) in [5.41, 5.74) is 7.96. The van der Waals surface area contributed by atoms with Gasteiger partial charge in [0.15, 0.2) is 0 Å². The van der Waals surface area contributed by atoms with Gasteiger partial charge in [-0.25, -0.2) is 0 Å². The molecule has 2 heterocycles. The first kappa shape index (κ1) is 14.5. The fraction of sp³-hybridized carbons (Fsp3) is 0.562. The quantitative estimate of drug-likeness (QED) is 0.874. The van der Waals surface area contributed by atoms with Crippen molar-refractivity contribution in [3.05, 3.63) is 29.8 Å². The molecule has 2 fully saturated rings. The van der Waals surface area contributed by atoms with E-state index in [9.17, 15) is 4.79 Å². The van der Waals surface area contributed by atoms with Gasteiger partial charge >= 0.3 is 0 Å². The molecule has 0 aromatic heterocycles. The van der Waals surface area contributed by atoms with Crippen LogP contribution in [0.15, 0.2) is 24.3 Å². The van der Waals surface area contributed by atoms with E-state index in [-0.39, 0.29) is 17.9 Å². The Kier molecular flexibility index (Phi) is 4.53. The van der Waals surface area contributed by atoms with Crippen LogP contribution in [0, 0.1) is 5.92 Å². The van der Waals surface area contributed by atoms with Gasteiger partial charge in [0, 0.05) is 18.3 Å². The third-order valence-corrected chi connectivity index (χ3v) is 4.26. The average Bonchev–Trinajstić information content (AvgIpc) is 3.10. The third kappa shape index (κ3) is 3.61. The second-order valence-corrected chi connectivity index (χ2v) is 5.98. The number of rotatable bonds is 4. The second kappa shape index (κ2) is 6.56. The van der Waals surface area contributed by atoms with Crippen LogP contribution in [0.4, 0.5) is 5.69 Å². The Morgan fingerprint density at radius 3 is 2.86 bits per heavy atom. The van der Waals surface area contributed by atoms with E-state index in [2.05, 4.69) is 22.3 Å². The van der Waals surface area contributed by atoms with Gasteiger partial charge in [-0.1, -0.05) is 12.1 Å². The predicted molar refractivity (Wildman–Crippen MR) is 81.9 cm³/mol. The molecular formula is C16H23N3O2. The van der Waals surface area contributed by atoms with Crippen molar-refractivity contribution in [1.29, 1.82) is 0 Å². The number of amides is 1. The zero-order chi connectivity index (χ0) is 14.7. The van der Waals surface area contributed by atoms with Gasteiger partial charge in [-0.15, -0.1) is 0 Å². The smallest absolute Gasteiger partial charge is 0.231 e. The van der Waals surface area contributed by atoms with Crippen molar-refractivity contribution in [3.63, 3.8) is 0 Å². The Balaban J connectivity index is 1.61. The summed E-state index contributed by atoms with van der Waals surface area (Å²) in [6.07, 6.45) is 2.58. The molecule has 0 saturated carbocycles. The van der Waals surface area contributed by atoms with Crippen LogP contribution in [-0.4, -0.2) is 43.2 Å². The minimum atomic E-state index is -0.243. The van der Waals surface area contributed by atoms with Crippen molar-refractivity contribution in [2.24, 2.45) is 11.7 Å². The zero-order valence-electron chi connectivity index (χ0n) is 12.3. The van der Waals surface area contributed by atoms with Gasteiger partial charge in [-0.2, -0.15) is 0 Å². The van der Waals surface area contributed by atoms with E-state index in [0.29, 0.717) is 13.2 Å². The first-order valence-corrected chi connectivity index (χ1v) is 7.68. The van der Waals surface area contributed by atoms with E-state index in [0.717, 1.165) is 12.2 Å². The fourth-order valence-electron chi connectivity index (χ4n) is 3.02. The highest BCUT2D eigenvalue weighted by molar-refractivity contribution is 5.93. The summed E-state index contributed by atoms with van der Waals surface area (Å²) >= 11 is 0. The lowest BCUT2D eigenvalue weighted by molar-refractivity contribution is -0.120. The zero-order valence-corrected chi connectivity index (χ0v) is 12.3. The summed E-state index contributed by atoms with van der Waals surface area (Å²) in [5.74, 6) is -0.287. The molecule has 5 heteroatoms. The number of benzene rings is 1. The number of ether oxygens (including phenoxy) is 1. The molecule has 21 heavy (non-hydrogen) atoms. The number of nitrogens with one attached hydrogen (secondary N) is 1. The summed E-state index contributed by atoms with van der Waals surface area (Å²) in [5, 5.41) is 2.96. The number of likely N-dealkylation sites (tertiary alicyclic amines) is 1. The maximum absolute atomic E-state index is 12.2. The van der Waals surface area contributed by atoms with Crippen LogP contribution < -0.4 is 11.1 Å². The summed E-state index contributed by atoms with van der Waals surface area (Å²) in [4.78, 5) is 14.6. The normalized spacial score (nSPS) is 26.1. The van der Waals surface area contributed by atoms with Crippen LogP contribution in [-0.2, 0) is 16.1 Å². The van der Waals surface area contributed by atoms with Crippen LogP contribution in [0.5, 0.6) is 0 Å². The lowest BCUT2D eigenvalue weighted by atomic mass is 10.0. The number of carbonyl (C=O) groups excluding carboxylic acids is 1. The van der Waals surface area contributed by atoms with Crippen molar-refractivity contribution < 1.29 is 9.53 Å². The standard InChI is InChI=1S/C16H23N3O2/c17-15-11-21-10-14(15)16(20)18-13-5-3-4-12(8-13)9-19-6-1-2-7-19/h3-5,8,14-15H,1-2,6-7,9-11,17H2,(H,18,20). The molecule has 2 saturated heterocycles. The number of anilines is 1. The largest absolute Gasteiger partial charge is 0.379 e. The maximum Gasteiger partial charge on any atom is 0.231 e. The van der Waals surface area contributed by atoms with Crippen molar-refractivity contribution in [3.8, 4) is 0 Å². The Hall–Kier alpha value is -1.43. The van der Waals surface area contributed by atoms with Gasteiger partial charge < -0.3 is 15.8 Å². The van der Waals surface area contributed by atoms with E-state index in [4.69, 9.17) is 10.5 Å². The van der Waals surface area contributed by atoms with E-state index in [1.165, 1.54) is 31.5 Å². The van der Waals surface area contributed by atoms with Crippen molar-refractivity contribution in [2.75, 3.05) is 31.6 Å². The number of nitrogens with two attached hydrogens (primary N) is 1. The van der Waals surface area contributed by atoms with Crippen LogP contribution in [0.1, 0.15) is 18.4 Å². The molecule has 114 valence electrons. The average molecular weight is 289 g/mol. The summed E-state index contributed by atoms with van der Waals surface area (Å²) < 4.78 is 5.25. The monoisotopic (exact) mass is 289 g/mol. The summed E-state index contributed by atoms with van der Waals surface area (Å²) in [6, 6.07) is 7.88. The van der Waals surface area contributed by atoms with Crippen molar-refractivity contribution in [2.45, 2.75) is 25.4 Å². The second-order valence-electron chi connectivity index (χ2n) is 5.98. The van der Waals surface area contributed by atoms with Crippen LogP contribution in [0.3, 0.4) is 0 Å². The highest BCUT2D eigenvalue weighted by atomic mass is 16.5. The molecule has 1 amide bonds. The lowest BCUT2D eigenvalue weighted by Crippen LogP contribution is -2.37. The molecule has 2 atom stereocenters. The molecule has 0 spiro atoms. The third-order valence-electron chi connectivity index (χ3n) is 4.26. The van der Waals surface area contributed by atoms with Gasteiger partial charge in [-0.3, -0.25) is 9.69 Å². The SMILES string of the molecule is NC1COCC1C(=O)Nc1cccc(CN2CCCC2)c1. The maximum atomic E-state index is 12.2. The molecule has 0 radical (unpaired) electrons. The Morgan fingerprint density at radius 1 is 1.33 bits per heavy atom. The number of nitrogens with zero attached hydrogens (tertiary/aromatic N) is 1. The van der Waals surface area contributed by atoms with Gasteiger partial charge in [0.1, 0.15) is 0 Å². The minimum Gasteiger partial charge on any atom is -0.379 e. The molecule has 3 rings (SSSR count). The molecule has 2 aliphatic rings. The lowest BCUT2D eigenvalue weighted by Gasteiger charge is -2.16. The first-order chi connectivity index (χ1) is 10.2. The minimum absolute atomic E-state index is 0.0432. The molecular weight excluding hydrogens is 266 g/mol. The first-order valence-electron chi connectivity index (χ1n) is 7.68.